The van der Waals surface area contributed by atoms with Crippen LogP contribution in [0, 0.1) is 5.92 Å². The van der Waals surface area contributed by atoms with Gasteiger partial charge in [-0.15, -0.1) is 0 Å². The van der Waals surface area contributed by atoms with E-state index in [9.17, 15) is 4.79 Å². The van der Waals surface area contributed by atoms with Crippen molar-refractivity contribution in [2.75, 3.05) is 5.32 Å². The third-order valence-corrected chi connectivity index (χ3v) is 4.11. The number of hydrogen-bond donors (Lipinski definition) is 2. The molecule has 19 heavy (non-hydrogen) atoms. The standard InChI is InChI=1S/C14H20ClN3O/c1-2-9-4-3-5-11(6-9)18-14-12(15)7-10(8-17-14)13(16)19/h7-9,11H,2-6H2,1H3,(H2,16,19)(H,17,18). The number of rotatable bonds is 4. The molecule has 1 amide bonds. The molecule has 0 spiro atoms. The molecule has 1 fully saturated rings. The van der Waals surface area contributed by atoms with Gasteiger partial charge in [-0.3, -0.25) is 4.79 Å². The summed E-state index contributed by atoms with van der Waals surface area (Å²) in [4.78, 5) is 15.2. The fourth-order valence-electron chi connectivity index (χ4n) is 2.67. The van der Waals surface area contributed by atoms with Crippen molar-refractivity contribution in [2.45, 2.75) is 45.1 Å². The molecule has 0 bridgehead atoms. The Hall–Kier alpha value is -1.29. The fraction of sp³-hybridized carbons (Fsp3) is 0.571. The minimum absolute atomic E-state index is 0.339. The lowest BCUT2D eigenvalue weighted by Gasteiger charge is -2.29. The normalized spacial score (nSPS) is 23.1. The van der Waals surface area contributed by atoms with Crippen molar-refractivity contribution in [3.8, 4) is 0 Å². The second-order valence-electron chi connectivity index (χ2n) is 5.20. The summed E-state index contributed by atoms with van der Waals surface area (Å²) in [5, 5.41) is 3.84. The van der Waals surface area contributed by atoms with Gasteiger partial charge in [0, 0.05) is 12.2 Å². The van der Waals surface area contributed by atoms with Gasteiger partial charge in [0.15, 0.2) is 0 Å². The number of amides is 1. The Kier molecular flexibility index (Phi) is 4.64. The largest absolute Gasteiger partial charge is 0.366 e. The van der Waals surface area contributed by atoms with Gasteiger partial charge in [-0.05, 0) is 24.8 Å². The summed E-state index contributed by atoms with van der Waals surface area (Å²) in [5.41, 5.74) is 5.53. The Bertz CT molecular complexity index is 464. The zero-order valence-corrected chi connectivity index (χ0v) is 11.9. The lowest BCUT2D eigenvalue weighted by molar-refractivity contribution is 0.1000. The lowest BCUT2D eigenvalue weighted by Crippen LogP contribution is -2.27. The number of anilines is 1. The minimum Gasteiger partial charge on any atom is -0.366 e. The van der Waals surface area contributed by atoms with Gasteiger partial charge >= 0.3 is 0 Å². The molecule has 2 atom stereocenters. The van der Waals surface area contributed by atoms with Gasteiger partial charge in [-0.2, -0.15) is 0 Å². The van der Waals surface area contributed by atoms with Gasteiger partial charge in [0.2, 0.25) is 5.91 Å². The van der Waals surface area contributed by atoms with Crippen LogP contribution in [0.2, 0.25) is 5.02 Å². The Morgan fingerprint density at radius 2 is 2.37 bits per heavy atom. The van der Waals surface area contributed by atoms with Crippen LogP contribution in [0.4, 0.5) is 5.82 Å². The second-order valence-corrected chi connectivity index (χ2v) is 5.61. The molecule has 1 aliphatic rings. The number of nitrogens with two attached hydrogens (primary N) is 1. The Labute approximate surface area is 118 Å². The van der Waals surface area contributed by atoms with Crippen LogP contribution in [0.15, 0.2) is 12.3 Å². The van der Waals surface area contributed by atoms with Gasteiger partial charge in [0.25, 0.3) is 0 Å². The first-order valence-corrected chi connectivity index (χ1v) is 7.19. The van der Waals surface area contributed by atoms with E-state index in [1.54, 1.807) is 6.07 Å². The van der Waals surface area contributed by atoms with E-state index in [2.05, 4.69) is 17.2 Å². The average Bonchev–Trinajstić information content (AvgIpc) is 2.41. The second kappa shape index (κ2) is 6.24. The molecule has 104 valence electrons. The average molecular weight is 282 g/mol. The maximum absolute atomic E-state index is 11.0. The van der Waals surface area contributed by atoms with E-state index in [0.29, 0.717) is 22.4 Å². The van der Waals surface area contributed by atoms with Crippen molar-refractivity contribution in [1.82, 2.24) is 4.98 Å². The monoisotopic (exact) mass is 281 g/mol. The van der Waals surface area contributed by atoms with Gasteiger partial charge in [-0.25, -0.2) is 4.98 Å². The highest BCUT2D eigenvalue weighted by atomic mass is 35.5. The number of primary amides is 1. The molecule has 2 unspecified atom stereocenters. The van der Waals surface area contributed by atoms with Crippen molar-refractivity contribution >= 4 is 23.3 Å². The first-order chi connectivity index (χ1) is 9.10. The first kappa shape index (κ1) is 14.1. The van der Waals surface area contributed by atoms with Gasteiger partial charge in [0.1, 0.15) is 5.82 Å². The smallest absolute Gasteiger partial charge is 0.250 e. The SMILES string of the molecule is CCC1CCCC(Nc2ncc(C(N)=O)cc2Cl)C1. The molecule has 2 rings (SSSR count). The molecule has 1 aliphatic carbocycles. The molecule has 1 saturated carbocycles. The maximum atomic E-state index is 11.0. The molecule has 4 nitrogen and oxygen atoms in total. The predicted octanol–water partition coefficient (Wildman–Crippen LogP) is 3.21. The highest BCUT2D eigenvalue weighted by molar-refractivity contribution is 6.33. The highest BCUT2D eigenvalue weighted by Crippen LogP contribution is 2.30. The molecule has 3 N–H and O–H groups in total. The number of hydrogen-bond acceptors (Lipinski definition) is 3. The molecule has 0 radical (unpaired) electrons. The molecule has 1 aromatic rings. The van der Waals surface area contributed by atoms with Gasteiger partial charge in [0.05, 0.1) is 10.6 Å². The summed E-state index contributed by atoms with van der Waals surface area (Å²) in [5.74, 6) is 0.924. The predicted molar refractivity (Wildman–Crippen MR) is 77.4 cm³/mol. The van der Waals surface area contributed by atoms with Crippen LogP contribution < -0.4 is 11.1 Å². The van der Waals surface area contributed by atoms with E-state index in [0.717, 1.165) is 18.8 Å². The van der Waals surface area contributed by atoms with Crippen molar-refractivity contribution < 1.29 is 4.79 Å². The van der Waals surface area contributed by atoms with Gasteiger partial charge < -0.3 is 11.1 Å². The molecule has 5 heteroatoms. The number of nitrogens with zero attached hydrogens (tertiary/aromatic N) is 1. The summed E-state index contributed by atoms with van der Waals surface area (Å²) in [6, 6.07) is 1.99. The topological polar surface area (TPSA) is 68.0 Å². The number of pyridine rings is 1. The van der Waals surface area contributed by atoms with Crippen molar-refractivity contribution in [3.63, 3.8) is 0 Å². The van der Waals surface area contributed by atoms with Crippen molar-refractivity contribution in [2.24, 2.45) is 11.7 Å². The third-order valence-electron chi connectivity index (χ3n) is 3.83. The van der Waals surface area contributed by atoms with E-state index in [1.807, 2.05) is 0 Å². The number of nitrogens with one attached hydrogen (secondary N) is 1. The minimum atomic E-state index is -0.510. The van der Waals surface area contributed by atoms with E-state index in [1.165, 1.54) is 25.5 Å². The molecule has 0 aliphatic heterocycles. The van der Waals surface area contributed by atoms with Crippen LogP contribution in [-0.4, -0.2) is 16.9 Å². The highest BCUT2D eigenvalue weighted by Gasteiger charge is 2.21. The first-order valence-electron chi connectivity index (χ1n) is 6.82. The number of carbonyl (C=O) groups excluding carboxylic acids is 1. The fourth-order valence-corrected chi connectivity index (χ4v) is 2.89. The van der Waals surface area contributed by atoms with E-state index < -0.39 is 5.91 Å². The van der Waals surface area contributed by atoms with E-state index in [4.69, 9.17) is 17.3 Å². The third kappa shape index (κ3) is 3.60. The molecular formula is C14H20ClN3O. The van der Waals surface area contributed by atoms with Crippen molar-refractivity contribution in [1.29, 1.82) is 0 Å². The van der Waals surface area contributed by atoms with Gasteiger partial charge in [-0.1, -0.05) is 37.8 Å². The van der Waals surface area contributed by atoms with Crippen LogP contribution in [0.25, 0.3) is 0 Å². The van der Waals surface area contributed by atoms with Crippen molar-refractivity contribution in [3.05, 3.63) is 22.8 Å². The lowest BCUT2D eigenvalue weighted by atomic mass is 9.84. The quantitative estimate of drug-likeness (QED) is 0.890. The zero-order chi connectivity index (χ0) is 13.8. The van der Waals surface area contributed by atoms with E-state index >= 15 is 0 Å². The van der Waals surface area contributed by atoms with Crippen LogP contribution in [0.3, 0.4) is 0 Å². The summed E-state index contributed by atoms with van der Waals surface area (Å²) >= 11 is 6.13. The number of halogens is 1. The maximum Gasteiger partial charge on any atom is 0.250 e. The van der Waals surface area contributed by atoms with E-state index in [-0.39, 0.29) is 0 Å². The molecule has 1 aromatic heterocycles. The Morgan fingerprint density at radius 3 is 3.00 bits per heavy atom. The summed E-state index contributed by atoms with van der Waals surface area (Å²) in [6.07, 6.45) is 7.55. The molecule has 0 saturated heterocycles. The summed E-state index contributed by atoms with van der Waals surface area (Å²) in [7, 11) is 0. The van der Waals surface area contributed by atoms with Crippen LogP contribution in [0.5, 0.6) is 0 Å². The molecule has 0 aromatic carbocycles. The Morgan fingerprint density at radius 1 is 1.58 bits per heavy atom. The Balaban J connectivity index is 2.04. The summed E-state index contributed by atoms with van der Waals surface area (Å²) < 4.78 is 0. The van der Waals surface area contributed by atoms with Crippen LogP contribution in [-0.2, 0) is 0 Å². The molecular weight excluding hydrogens is 262 g/mol. The van der Waals surface area contributed by atoms with Crippen LogP contribution in [0.1, 0.15) is 49.4 Å². The number of carbonyl (C=O) groups is 1. The zero-order valence-electron chi connectivity index (χ0n) is 11.2. The molecule has 1 heterocycles. The van der Waals surface area contributed by atoms with Crippen LogP contribution >= 0.6 is 11.6 Å². The summed E-state index contributed by atoms with van der Waals surface area (Å²) in [6.45, 7) is 2.24. The number of aromatic nitrogens is 1.